The Kier molecular flexibility index (Phi) is 7.24. The first-order valence-corrected chi connectivity index (χ1v) is 13.9. The number of nitrogens with zero attached hydrogens (tertiary/aromatic N) is 1. The highest BCUT2D eigenvalue weighted by Crippen LogP contribution is 2.51. The third-order valence-corrected chi connectivity index (χ3v) is 9.77. The number of fused-ring (bicyclic) bond motifs is 3. The van der Waals surface area contributed by atoms with E-state index >= 15 is 0 Å². The van der Waals surface area contributed by atoms with Crippen LogP contribution in [0.2, 0.25) is 0 Å². The number of likely N-dealkylation sites (tertiary alicyclic amines) is 1. The number of halogens is 5. The fraction of sp³-hybridized carbons (Fsp3) is 0.548. The molecule has 0 bridgehead atoms. The average molecular weight is 564 g/mol. The quantitative estimate of drug-likeness (QED) is 0.410. The summed E-state index contributed by atoms with van der Waals surface area (Å²) < 4.78 is 69.0. The molecule has 1 N–H and O–H groups in total. The fourth-order valence-corrected chi connectivity index (χ4v) is 7.47. The first-order chi connectivity index (χ1) is 18.7. The van der Waals surface area contributed by atoms with Crippen LogP contribution in [0.25, 0.3) is 0 Å². The molecule has 2 aromatic carbocycles. The Bertz CT molecular complexity index is 1290. The molecular weight excluding hydrogens is 529 g/mol. The maximum absolute atomic E-state index is 14.9. The molecular formula is C31H34F5NO3. The van der Waals surface area contributed by atoms with Gasteiger partial charge in [-0.1, -0.05) is 37.3 Å². The summed E-state index contributed by atoms with van der Waals surface area (Å²) in [5.41, 5.74) is -2.24. The van der Waals surface area contributed by atoms with Crippen LogP contribution in [-0.4, -0.2) is 40.6 Å². The Morgan fingerprint density at radius 3 is 2.38 bits per heavy atom. The molecule has 2 fully saturated rings. The number of carbonyl (C=O) groups is 2. The standard InChI is InChI=1S/C31H34F5NO3/c1-18-15-21(5-10-24(18)28(39)40)27(38)37-14-13-30(17-19-3-8-23(32)9-4-19)25-11-7-22(29(2,33)31(34,35)36)16-20(25)6-12-26(30)37/h3-4,7-9,11,16,18,21,24,26H,5-6,10,12-15,17H2,1-2H3,(H,39,40)/t18-,21?,24-,26-,29?,30-/m1/s1. The molecule has 40 heavy (non-hydrogen) atoms. The summed E-state index contributed by atoms with van der Waals surface area (Å²) >= 11 is 0. The van der Waals surface area contributed by atoms with E-state index in [1.54, 1.807) is 18.2 Å². The second-order valence-corrected chi connectivity index (χ2v) is 12.1. The molecule has 6 atom stereocenters. The van der Waals surface area contributed by atoms with Crippen molar-refractivity contribution in [2.24, 2.45) is 17.8 Å². The SMILES string of the molecule is C[C@@H]1CC(C(=O)N2CC[C@@]3(Cc4ccc(F)cc4)c4ccc(C(C)(F)C(F)(F)F)cc4CC[C@@H]23)CC[C@H]1C(=O)O. The van der Waals surface area contributed by atoms with E-state index in [0.717, 1.165) is 11.1 Å². The van der Waals surface area contributed by atoms with E-state index in [2.05, 4.69) is 0 Å². The van der Waals surface area contributed by atoms with Crippen LogP contribution in [0, 0.1) is 23.6 Å². The lowest BCUT2D eigenvalue weighted by Gasteiger charge is -2.45. The van der Waals surface area contributed by atoms with Gasteiger partial charge in [0.2, 0.25) is 11.6 Å². The van der Waals surface area contributed by atoms with Crippen LogP contribution < -0.4 is 0 Å². The lowest BCUT2D eigenvalue weighted by Crippen LogP contribution is -2.51. The molecule has 5 rings (SSSR count). The van der Waals surface area contributed by atoms with Gasteiger partial charge in [0.25, 0.3) is 0 Å². The van der Waals surface area contributed by atoms with Crippen LogP contribution in [0.4, 0.5) is 22.0 Å². The number of rotatable bonds is 5. The Labute approximate surface area is 230 Å². The van der Waals surface area contributed by atoms with Gasteiger partial charge >= 0.3 is 12.1 Å². The van der Waals surface area contributed by atoms with E-state index in [-0.39, 0.29) is 29.6 Å². The lowest BCUT2D eigenvalue weighted by atomic mass is 9.63. The maximum Gasteiger partial charge on any atom is 0.426 e. The minimum absolute atomic E-state index is 0.00450. The Hall–Kier alpha value is -2.97. The van der Waals surface area contributed by atoms with Crippen molar-refractivity contribution in [2.45, 2.75) is 82.1 Å². The zero-order chi connectivity index (χ0) is 29.0. The molecule has 2 unspecified atom stereocenters. The number of alkyl halides is 4. The normalized spacial score (nSPS) is 29.8. The van der Waals surface area contributed by atoms with Gasteiger partial charge in [0.05, 0.1) is 5.92 Å². The summed E-state index contributed by atoms with van der Waals surface area (Å²) in [5.74, 6) is -2.09. The number of hydrogen-bond acceptors (Lipinski definition) is 2. The van der Waals surface area contributed by atoms with Crippen LogP contribution in [0.5, 0.6) is 0 Å². The van der Waals surface area contributed by atoms with E-state index in [1.165, 1.54) is 24.3 Å². The van der Waals surface area contributed by atoms with Crippen LogP contribution in [0.3, 0.4) is 0 Å². The van der Waals surface area contributed by atoms with Gasteiger partial charge in [-0.3, -0.25) is 9.59 Å². The highest BCUT2D eigenvalue weighted by molar-refractivity contribution is 5.81. The highest BCUT2D eigenvalue weighted by Gasteiger charge is 2.56. The molecule has 3 aliphatic rings. The van der Waals surface area contributed by atoms with Crippen molar-refractivity contribution in [3.8, 4) is 0 Å². The summed E-state index contributed by atoms with van der Waals surface area (Å²) in [7, 11) is 0. The Balaban J connectivity index is 1.50. The first kappa shape index (κ1) is 28.6. The van der Waals surface area contributed by atoms with E-state index < -0.39 is 34.7 Å². The second-order valence-electron chi connectivity index (χ2n) is 12.1. The zero-order valence-electron chi connectivity index (χ0n) is 22.6. The average Bonchev–Trinajstić information content (AvgIpc) is 3.27. The van der Waals surface area contributed by atoms with Crippen molar-refractivity contribution in [1.29, 1.82) is 0 Å². The molecule has 1 amide bonds. The van der Waals surface area contributed by atoms with Gasteiger partial charge in [-0.15, -0.1) is 0 Å². The molecule has 4 nitrogen and oxygen atoms in total. The van der Waals surface area contributed by atoms with E-state index in [4.69, 9.17) is 0 Å². The molecule has 1 saturated heterocycles. The van der Waals surface area contributed by atoms with Gasteiger partial charge in [0.1, 0.15) is 5.82 Å². The molecule has 0 aromatic heterocycles. The summed E-state index contributed by atoms with van der Waals surface area (Å²) in [4.78, 5) is 27.4. The third kappa shape index (κ3) is 4.79. The number of aryl methyl sites for hydroxylation is 1. The van der Waals surface area contributed by atoms with Crippen LogP contribution in [0.1, 0.15) is 68.2 Å². The summed E-state index contributed by atoms with van der Waals surface area (Å²) in [6.45, 7) is 2.86. The van der Waals surface area contributed by atoms with Gasteiger partial charge in [-0.2, -0.15) is 13.2 Å². The molecule has 216 valence electrons. The van der Waals surface area contributed by atoms with E-state index in [1.807, 2.05) is 11.8 Å². The number of hydrogen-bond donors (Lipinski definition) is 1. The molecule has 2 aliphatic carbocycles. The van der Waals surface area contributed by atoms with Crippen LogP contribution in [-0.2, 0) is 33.5 Å². The highest BCUT2D eigenvalue weighted by atomic mass is 19.4. The number of amides is 1. The van der Waals surface area contributed by atoms with Crippen LogP contribution in [0.15, 0.2) is 42.5 Å². The predicted octanol–water partition coefficient (Wildman–Crippen LogP) is 6.74. The number of aliphatic carboxylic acids is 1. The van der Waals surface area contributed by atoms with E-state index in [0.29, 0.717) is 64.0 Å². The largest absolute Gasteiger partial charge is 0.481 e. The monoisotopic (exact) mass is 563 g/mol. The lowest BCUT2D eigenvalue weighted by molar-refractivity contribution is -0.228. The van der Waals surface area contributed by atoms with Gasteiger partial charge in [0.15, 0.2) is 0 Å². The van der Waals surface area contributed by atoms with Gasteiger partial charge < -0.3 is 10.0 Å². The zero-order valence-corrected chi connectivity index (χ0v) is 22.6. The van der Waals surface area contributed by atoms with Crippen molar-refractivity contribution >= 4 is 11.9 Å². The van der Waals surface area contributed by atoms with Crippen molar-refractivity contribution in [3.63, 3.8) is 0 Å². The molecule has 1 aliphatic heterocycles. The molecule has 0 radical (unpaired) electrons. The molecule has 1 heterocycles. The number of carbonyl (C=O) groups excluding carboxylic acids is 1. The molecule has 9 heteroatoms. The van der Waals surface area contributed by atoms with Crippen molar-refractivity contribution in [1.82, 2.24) is 4.90 Å². The van der Waals surface area contributed by atoms with Crippen molar-refractivity contribution in [2.75, 3.05) is 6.54 Å². The van der Waals surface area contributed by atoms with Gasteiger partial charge in [-0.05, 0) is 92.2 Å². The van der Waals surface area contributed by atoms with Gasteiger partial charge in [0, 0.05) is 23.9 Å². The molecule has 0 spiro atoms. The molecule has 2 aromatic rings. The summed E-state index contributed by atoms with van der Waals surface area (Å²) in [5, 5.41) is 9.49. The minimum atomic E-state index is -5.06. The topological polar surface area (TPSA) is 57.6 Å². The number of benzene rings is 2. The van der Waals surface area contributed by atoms with Crippen molar-refractivity contribution in [3.05, 3.63) is 70.5 Å². The Morgan fingerprint density at radius 1 is 1.05 bits per heavy atom. The second kappa shape index (κ2) is 10.1. The van der Waals surface area contributed by atoms with Crippen LogP contribution >= 0.6 is 0 Å². The third-order valence-electron chi connectivity index (χ3n) is 9.77. The van der Waals surface area contributed by atoms with Crippen molar-refractivity contribution < 1.29 is 36.6 Å². The fourth-order valence-electron chi connectivity index (χ4n) is 7.47. The summed E-state index contributed by atoms with van der Waals surface area (Å²) in [6, 6.07) is 10.0. The molecule has 1 saturated carbocycles. The minimum Gasteiger partial charge on any atom is -0.481 e. The Morgan fingerprint density at radius 2 is 1.75 bits per heavy atom. The summed E-state index contributed by atoms with van der Waals surface area (Å²) in [6.07, 6.45) is -1.67. The predicted molar refractivity (Wildman–Crippen MR) is 139 cm³/mol. The smallest absolute Gasteiger partial charge is 0.426 e. The first-order valence-electron chi connectivity index (χ1n) is 13.9. The number of carboxylic acid groups (broad SMARTS) is 1. The maximum atomic E-state index is 14.9. The number of carboxylic acids is 1. The van der Waals surface area contributed by atoms with Gasteiger partial charge in [-0.25, -0.2) is 8.78 Å². The van der Waals surface area contributed by atoms with E-state index in [9.17, 15) is 36.6 Å².